The largest absolute Gasteiger partial charge is 0.387 e. The molecule has 0 atom stereocenters. The average molecular weight is 172 g/mol. The van der Waals surface area contributed by atoms with Crippen LogP contribution in [0.1, 0.15) is 12.5 Å². The average Bonchev–Trinajstić information content (AvgIpc) is 2.20. The van der Waals surface area contributed by atoms with E-state index in [4.69, 9.17) is 0 Å². The molecule has 2 rings (SSSR count). The molecule has 1 aliphatic heterocycles. The number of aromatic nitrogens is 1. The van der Waals surface area contributed by atoms with Gasteiger partial charge < -0.3 is 5.32 Å². The molecule has 1 N–H and O–H groups in total. The zero-order valence-electron chi connectivity index (χ0n) is 7.62. The van der Waals surface area contributed by atoms with E-state index in [9.17, 15) is 0 Å². The van der Waals surface area contributed by atoms with Crippen LogP contribution in [0.3, 0.4) is 0 Å². The van der Waals surface area contributed by atoms with Gasteiger partial charge in [0.15, 0.2) is 0 Å². The molecule has 1 aromatic heterocycles. The first-order chi connectivity index (χ1) is 6.38. The van der Waals surface area contributed by atoms with Crippen LogP contribution in [-0.2, 0) is 0 Å². The van der Waals surface area contributed by atoms with Gasteiger partial charge in [0.1, 0.15) is 0 Å². The third-order valence-corrected chi connectivity index (χ3v) is 2.16. The van der Waals surface area contributed by atoms with Crippen LogP contribution in [0, 0.1) is 0 Å². The highest BCUT2D eigenvalue weighted by molar-refractivity contribution is 5.78. The van der Waals surface area contributed by atoms with Gasteiger partial charge in [0.05, 0.1) is 0 Å². The van der Waals surface area contributed by atoms with Crippen molar-refractivity contribution in [1.29, 1.82) is 0 Å². The predicted octanol–water partition coefficient (Wildman–Crippen LogP) is 1.97. The second-order valence-corrected chi connectivity index (χ2v) is 3.09. The number of nitrogens with one attached hydrogen (secondary N) is 1. The lowest BCUT2D eigenvalue weighted by Gasteiger charge is -2.13. The van der Waals surface area contributed by atoms with Crippen molar-refractivity contribution < 1.29 is 0 Å². The molecule has 0 bridgehead atoms. The summed E-state index contributed by atoms with van der Waals surface area (Å²) in [6.07, 6.45) is 7.90. The van der Waals surface area contributed by atoms with Gasteiger partial charge in [0, 0.05) is 25.1 Å². The highest BCUT2D eigenvalue weighted by Gasteiger charge is 2.05. The summed E-state index contributed by atoms with van der Waals surface area (Å²) in [5, 5.41) is 3.18. The molecule has 13 heavy (non-hydrogen) atoms. The maximum absolute atomic E-state index is 4.00. The van der Waals surface area contributed by atoms with E-state index >= 15 is 0 Å². The van der Waals surface area contributed by atoms with Crippen LogP contribution >= 0.6 is 0 Å². The molecule has 0 saturated heterocycles. The first-order valence-electron chi connectivity index (χ1n) is 4.39. The number of hydrogen-bond donors (Lipinski definition) is 1. The Kier molecular flexibility index (Phi) is 2.13. The lowest BCUT2D eigenvalue weighted by atomic mass is 9.99. The van der Waals surface area contributed by atoms with Crippen LogP contribution in [0.25, 0.3) is 5.57 Å². The predicted molar refractivity (Wildman–Crippen MR) is 54.0 cm³/mol. The number of hydrogen-bond acceptors (Lipinski definition) is 2. The molecule has 2 heterocycles. The van der Waals surface area contributed by atoms with E-state index in [1.54, 1.807) is 0 Å². The van der Waals surface area contributed by atoms with Crippen molar-refractivity contribution in [2.24, 2.45) is 0 Å². The Morgan fingerprint density at radius 1 is 1.31 bits per heavy atom. The van der Waals surface area contributed by atoms with Gasteiger partial charge in [-0.3, -0.25) is 4.98 Å². The lowest BCUT2D eigenvalue weighted by molar-refractivity contribution is 0.959. The molecule has 2 heteroatoms. The molecule has 0 unspecified atom stereocenters. The number of rotatable bonds is 1. The molecular weight excluding hydrogens is 160 g/mol. The molecule has 0 aliphatic carbocycles. The molecule has 0 amide bonds. The summed E-state index contributed by atoms with van der Waals surface area (Å²) in [6, 6.07) is 4.07. The van der Waals surface area contributed by atoms with E-state index in [1.807, 2.05) is 24.5 Å². The Morgan fingerprint density at radius 2 is 2.08 bits per heavy atom. The number of nitrogens with zero attached hydrogens (tertiary/aromatic N) is 1. The topological polar surface area (TPSA) is 24.9 Å². The van der Waals surface area contributed by atoms with Crippen molar-refractivity contribution in [2.45, 2.75) is 6.92 Å². The Labute approximate surface area is 78.0 Å². The molecule has 1 aromatic rings. The number of pyridine rings is 1. The van der Waals surface area contributed by atoms with Crippen LogP contribution in [-0.4, -0.2) is 11.5 Å². The minimum absolute atomic E-state index is 0.912. The first kappa shape index (κ1) is 8.05. The van der Waals surface area contributed by atoms with Crippen molar-refractivity contribution in [1.82, 2.24) is 10.3 Å². The Bertz CT molecular complexity index is 350. The Morgan fingerprint density at radius 3 is 2.77 bits per heavy atom. The summed E-state index contributed by atoms with van der Waals surface area (Å²) >= 11 is 0. The van der Waals surface area contributed by atoms with Crippen molar-refractivity contribution >= 4 is 5.57 Å². The zero-order chi connectivity index (χ0) is 9.10. The van der Waals surface area contributed by atoms with Crippen molar-refractivity contribution in [3.05, 3.63) is 47.9 Å². The molecule has 66 valence electrons. The van der Waals surface area contributed by atoms with Gasteiger partial charge in [-0.05, 0) is 35.8 Å². The second kappa shape index (κ2) is 3.44. The summed E-state index contributed by atoms with van der Waals surface area (Å²) < 4.78 is 0. The lowest BCUT2D eigenvalue weighted by Crippen LogP contribution is -2.11. The summed E-state index contributed by atoms with van der Waals surface area (Å²) in [5.74, 6) is 0. The highest BCUT2D eigenvalue weighted by Crippen LogP contribution is 2.22. The number of dihydropyridines is 1. The molecule has 0 aromatic carbocycles. The maximum atomic E-state index is 4.00. The van der Waals surface area contributed by atoms with Crippen LogP contribution < -0.4 is 5.32 Å². The molecule has 2 nitrogen and oxygen atoms in total. The Hall–Kier alpha value is -1.57. The van der Waals surface area contributed by atoms with Crippen molar-refractivity contribution in [2.75, 3.05) is 6.54 Å². The summed E-state index contributed by atoms with van der Waals surface area (Å²) in [6.45, 7) is 3.02. The molecular formula is C11H12N2. The molecule has 0 fully saturated rings. The van der Waals surface area contributed by atoms with E-state index in [0.717, 1.165) is 6.54 Å². The third-order valence-electron chi connectivity index (χ3n) is 2.16. The van der Waals surface area contributed by atoms with E-state index < -0.39 is 0 Å². The van der Waals surface area contributed by atoms with Gasteiger partial charge in [-0.15, -0.1) is 0 Å². The number of allylic oxidation sites excluding steroid dienone is 2. The third kappa shape index (κ3) is 1.61. The van der Waals surface area contributed by atoms with Gasteiger partial charge in [0.2, 0.25) is 0 Å². The standard InChI is InChI=1S/C11H12N2/c1-9-8-13-7-4-11(9)10-2-5-12-6-3-10/h2-6,8,13H,7H2,1H3. The molecule has 1 aliphatic rings. The maximum Gasteiger partial charge on any atom is 0.0334 e. The van der Waals surface area contributed by atoms with Crippen LogP contribution in [0.4, 0.5) is 0 Å². The highest BCUT2D eigenvalue weighted by atomic mass is 14.8. The minimum Gasteiger partial charge on any atom is -0.387 e. The zero-order valence-corrected chi connectivity index (χ0v) is 7.62. The fourth-order valence-corrected chi connectivity index (χ4v) is 1.49. The second-order valence-electron chi connectivity index (χ2n) is 3.09. The van der Waals surface area contributed by atoms with Gasteiger partial charge in [-0.1, -0.05) is 6.08 Å². The van der Waals surface area contributed by atoms with Crippen LogP contribution in [0.15, 0.2) is 42.4 Å². The van der Waals surface area contributed by atoms with E-state index in [0.29, 0.717) is 0 Å². The normalized spacial score (nSPS) is 15.8. The van der Waals surface area contributed by atoms with Crippen LogP contribution in [0.2, 0.25) is 0 Å². The van der Waals surface area contributed by atoms with Crippen molar-refractivity contribution in [3.63, 3.8) is 0 Å². The Balaban J connectivity index is 2.37. The smallest absolute Gasteiger partial charge is 0.0334 e. The van der Waals surface area contributed by atoms with Crippen molar-refractivity contribution in [3.8, 4) is 0 Å². The van der Waals surface area contributed by atoms with Gasteiger partial charge in [-0.25, -0.2) is 0 Å². The van der Waals surface area contributed by atoms with E-state index in [-0.39, 0.29) is 0 Å². The monoisotopic (exact) mass is 172 g/mol. The van der Waals surface area contributed by atoms with Crippen LogP contribution in [0.5, 0.6) is 0 Å². The van der Waals surface area contributed by atoms with Gasteiger partial charge >= 0.3 is 0 Å². The summed E-state index contributed by atoms with van der Waals surface area (Å²) in [5.41, 5.74) is 3.82. The van der Waals surface area contributed by atoms with Gasteiger partial charge in [0.25, 0.3) is 0 Å². The summed E-state index contributed by atoms with van der Waals surface area (Å²) in [7, 11) is 0. The van der Waals surface area contributed by atoms with E-state index in [2.05, 4.69) is 29.5 Å². The molecule has 0 spiro atoms. The fraction of sp³-hybridized carbons (Fsp3) is 0.182. The van der Waals surface area contributed by atoms with Gasteiger partial charge in [-0.2, -0.15) is 0 Å². The summed E-state index contributed by atoms with van der Waals surface area (Å²) in [4.78, 5) is 4.00. The molecule has 0 radical (unpaired) electrons. The minimum atomic E-state index is 0.912. The molecule has 0 saturated carbocycles. The SMILES string of the molecule is CC1=CNCC=C1c1ccncc1. The van der Waals surface area contributed by atoms with E-state index in [1.165, 1.54) is 16.7 Å². The fourth-order valence-electron chi connectivity index (χ4n) is 1.49. The first-order valence-corrected chi connectivity index (χ1v) is 4.39. The quantitative estimate of drug-likeness (QED) is 0.700.